The molecule has 7 heteroatoms. The molecule has 0 amide bonds. The Balaban J connectivity index is 2.60. The van der Waals surface area contributed by atoms with E-state index >= 15 is 0 Å². The minimum Gasteiger partial charge on any atom is -0.465 e. The molecule has 0 aromatic rings. The number of ether oxygens (including phenoxy) is 1. The Morgan fingerprint density at radius 1 is 1.42 bits per heavy atom. The van der Waals surface area contributed by atoms with Crippen molar-refractivity contribution >= 4 is 5.97 Å². The van der Waals surface area contributed by atoms with Crippen LogP contribution in [0.4, 0.5) is 0 Å². The fourth-order valence-corrected chi connectivity index (χ4v) is 1.75. The molecule has 2 N–H and O–H groups in total. The molecule has 0 aromatic heterocycles. The van der Waals surface area contributed by atoms with Gasteiger partial charge in [-0.2, -0.15) is 5.10 Å². The van der Waals surface area contributed by atoms with Crippen molar-refractivity contribution in [3.8, 4) is 11.3 Å². The minimum absolute atomic E-state index is 0.224. The summed E-state index contributed by atoms with van der Waals surface area (Å²) in [5.41, 5.74) is 3.45. The van der Waals surface area contributed by atoms with Gasteiger partial charge in [0.2, 0.25) is 0 Å². The summed E-state index contributed by atoms with van der Waals surface area (Å²) in [5, 5.41) is 6.18. The summed E-state index contributed by atoms with van der Waals surface area (Å²) >= 11 is 0. The highest BCUT2D eigenvalue weighted by Gasteiger charge is 2.22. The molecule has 102 valence electrons. The van der Waals surface area contributed by atoms with Crippen LogP contribution in [0.1, 0.15) is 31.1 Å². The van der Waals surface area contributed by atoms with Gasteiger partial charge in [-0.3, -0.25) is 9.47 Å². The first-order valence-electron chi connectivity index (χ1n) is 5.79. The van der Waals surface area contributed by atoms with Crippen LogP contribution in [0.2, 0.25) is 0 Å². The smallest absolute Gasteiger partial charge is 0.341 e. The van der Waals surface area contributed by atoms with Crippen molar-refractivity contribution in [3.63, 3.8) is 0 Å². The van der Waals surface area contributed by atoms with Gasteiger partial charge in [-0.05, 0) is 20.8 Å². The Hall–Kier alpha value is -2.31. The number of methoxy groups -OCH3 is 1. The van der Waals surface area contributed by atoms with Crippen molar-refractivity contribution < 1.29 is 9.53 Å². The molecule has 0 spiro atoms. The van der Waals surface area contributed by atoms with Crippen LogP contribution in [-0.2, 0) is 4.74 Å². The van der Waals surface area contributed by atoms with Crippen LogP contribution in [0, 0.1) is 0 Å². The molecule has 0 fully saturated rings. The van der Waals surface area contributed by atoms with Crippen molar-refractivity contribution in [1.29, 1.82) is 0 Å². The number of nitrogens with one attached hydrogen (secondary N) is 2. The highest BCUT2D eigenvalue weighted by Crippen LogP contribution is 2.20. The zero-order valence-corrected chi connectivity index (χ0v) is 11.3. The summed E-state index contributed by atoms with van der Waals surface area (Å²) in [5.74, 6) is -0.540. The van der Waals surface area contributed by atoms with Gasteiger partial charge in [0.25, 0.3) is 5.56 Å². The van der Waals surface area contributed by atoms with Crippen molar-refractivity contribution in [2.75, 3.05) is 12.5 Å². The fourth-order valence-electron chi connectivity index (χ4n) is 1.75. The summed E-state index contributed by atoms with van der Waals surface area (Å²) in [6.45, 7) is 5.90. The molecule has 2 aliphatic heterocycles. The molecule has 2 aliphatic rings. The van der Waals surface area contributed by atoms with Gasteiger partial charge in [-0.15, -0.1) is 0 Å². The summed E-state index contributed by atoms with van der Waals surface area (Å²) in [6.07, 6.45) is 3.15. The number of hydrogen-bond donors (Lipinski definition) is 2. The molecular formula is C12H16N4O3. The van der Waals surface area contributed by atoms with Crippen LogP contribution in [0.15, 0.2) is 17.2 Å². The van der Waals surface area contributed by atoms with Crippen LogP contribution in [0.3, 0.4) is 0 Å². The molecule has 2 rings (SSSR count). The quantitative estimate of drug-likeness (QED) is 0.783. The van der Waals surface area contributed by atoms with E-state index in [-0.39, 0.29) is 16.7 Å². The van der Waals surface area contributed by atoms with E-state index in [0.717, 1.165) is 0 Å². The first kappa shape index (κ1) is 13.1. The molecule has 0 saturated carbocycles. The Morgan fingerprint density at radius 2 is 2.11 bits per heavy atom. The molecule has 0 atom stereocenters. The van der Waals surface area contributed by atoms with Gasteiger partial charge in [0.1, 0.15) is 11.3 Å². The standard InChI is InChI=1S/C12H16N4O3/c1-12(2,3)15-16-5-7-9(13-14-10(7)17)8(6-16)11(18)19-4/h5-6,15H,1-4H3,(H,14,17). The van der Waals surface area contributed by atoms with E-state index in [1.54, 1.807) is 17.1 Å². The maximum Gasteiger partial charge on any atom is 0.341 e. The first-order valence-corrected chi connectivity index (χ1v) is 5.79. The Bertz CT molecular complexity index is 635. The van der Waals surface area contributed by atoms with Gasteiger partial charge in [0.15, 0.2) is 0 Å². The van der Waals surface area contributed by atoms with Crippen molar-refractivity contribution in [2.24, 2.45) is 0 Å². The van der Waals surface area contributed by atoms with Gasteiger partial charge in [0.05, 0.1) is 12.7 Å². The van der Waals surface area contributed by atoms with E-state index in [2.05, 4.69) is 15.6 Å². The predicted molar refractivity (Wildman–Crippen MR) is 69.9 cm³/mol. The Labute approximate surface area is 109 Å². The number of rotatable bonds is 2. The normalized spacial score (nSPS) is 11.6. The first-order chi connectivity index (χ1) is 8.81. The molecule has 2 heterocycles. The minimum atomic E-state index is -0.540. The average Bonchev–Trinajstić information content (AvgIpc) is 2.67. The lowest BCUT2D eigenvalue weighted by molar-refractivity contribution is 0.0600. The Morgan fingerprint density at radius 3 is 2.68 bits per heavy atom. The van der Waals surface area contributed by atoms with Crippen molar-refractivity contribution in [2.45, 2.75) is 26.3 Å². The SMILES string of the molecule is COC(=O)c1cn(NC(C)(C)C)cc2c(=O)[nH]nc1-2. The van der Waals surface area contributed by atoms with Crippen LogP contribution >= 0.6 is 0 Å². The highest BCUT2D eigenvalue weighted by atomic mass is 16.5. The number of esters is 1. The van der Waals surface area contributed by atoms with Gasteiger partial charge in [0, 0.05) is 17.9 Å². The molecule has 7 nitrogen and oxygen atoms in total. The topological polar surface area (TPSA) is 89.0 Å². The lowest BCUT2D eigenvalue weighted by Gasteiger charge is -2.25. The molecular weight excluding hydrogens is 248 g/mol. The van der Waals surface area contributed by atoms with E-state index in [1.807, 2.05) is 20.8 Å². The lowest BCUT2D eigenvalue weighted by Crippen LogP contribution is -2.34. The molecule has 0 unspecified atom stereocenters. The largest absolute Gasteiger partial charge is 0.465 e. The highest BCUT2D eigenvalue weighted by molar-refractivity contribution is 5.95. The maximum absolute atomic E-state index is 11.7. The number of H-pyrrole nitrogens is 1. The van der Waals surface area contributed by atoms with E-state index in [0.29, 0.717) is 11.3 Å². The van der Waals surface area contributed by atoms with Crippen molar-refractivity contribution in [3.05, 3.63) is 28.3 Å². The monoisotopic (exact) mass is 264 g/mol. The number of fused-ring (bicyclic) bond motifs is 1. The summed E-state index contributed by atoms with van der Waals surface area (Å²) in [4.78, 5) is 23.4. The Kier molecular flexibility index (Phi) is 3.05. The van der Waals surface area contributed by atoms with Gasteiger partial charge >= 0.3 is 5.97 Å². The molecule has 0 aliphatic carbocycles. The molecule has 0 aromatic carbocycles. The predicted octanol–water partition coefficient (Wildman–Crippen LogP) is 0.805. The van der Waals surface area contributed by atoms with E-state index in [9.17, 15) is 9.59 Å². The maximum atomic E-state index is 11.7. The zero-order chi connectivity index (χ0) is 14.2. The number of nitrogens with zero attached hydrogens (tertiary/aromatic N) is 2. The third kappa shape index (κ3) is 2.59. The zero-order valence-electron chi connectivity index (χ0n) is 11.3. The summed E-state index contributed by atoms with van der Waals surface area (Å²) in [6, 6.07) is 0. The molecule has 0 bridgehead atoms. The van der Waals surface area contributed by atoms with Crippen LogP contribution in [0.25, 0.3) is 11.3 Å². The van der Waals surface area contributed by atoms with Crippen LogP contribution < -0.4 is 11.0 Å². The van der Waals surface area contributed by atoms with Gasteiger partial charge in [-0.1, -0.05) is 0 Å². The number of carbonyl (C=O) groups is 1. The fraction of sp³-hybridized carbons (Fsp3) is 0.417. The third-order valence-electron chi connectivity index (χ3n) is 2.43. The average molecular weight is 264 g/mol. The summed E-state index contributed by atoms with van der Waals surface area (Å²) < 4.78 is 6.28. The molecule has 19 heavy (non-hydrogen) atoms. The second kappa shape index (κ2) is 4.42. The third-order valence-corrected chi connectivity index (χ3v) is 2.43. The molecule has 0 radical (unpaired) electrons. The molecule has 0 saturated heterocycles. The number of carbonyl (C=O) groups excluding carboxylic acids is 1. The number of aromatic amines is 1. The van der Waals surface area contributed by atoms with Gasteiger partial charge < -0.3 is 10.2 Å². The number of hydrogen-bond acceptors (Lipinski definition) is 5. The van der Waals surface area contributed by atoms with E-state index in [4.69, 9.17) is 4.74 Å². The van der Waals surface area contributed by atoms with Crippen LogP contribution in [-0.4, -0.2) is 33.5 Å². The second-order valence-corrected chi connectivity index (χ2v) is 5.25. The van der Waals surface area contributed by atoms with Crippen molar-refractivity contribution in [1.82, 2.24) is 14.9 Å². The van der Waals surface area contributed by atoms with Gasteiger partial charge in [-0.25, -0.2) is 9.89 Å². The number of aromatic nitrogens is 3. The summed E-state index contributed by atoms with van der Waals surface area (Å²) in [7, 11) is 1.29. The van der Waals surface area contributed by atoms with E-state index in [1.165, 1.54) is 7.11 Å². The van der Waals surface area contributed by atoms with Crippen LogP contribution in [0.5, 0.6) is 0 Å². The number of pyridine rings is 1. The second-order valence-electron chi connectivity index (χ2n) is 5.25. The lowest BCUT2D eigenvalue weighted by atomic mass is 10.1. The van der Waals surface area contributed by atoms with E-state index < -0.39 is 5.97 Å².